The van der Waals surface area contributed by atoms with Gasteiger partial charge >= 0.3 is 0 Å². The van der Waals surface area contributed by atoms with E-state index < -0.39 is 0 Å². The molecule has 0 radical (unpaired) electrons. The lowest BCUT2D eigenvalue weighted by molar-refractivity contribution is 0.401. The summed E-state index contributed by atoms with van der Waals surface area (Å²) in [6.45, 7) is 0.373. The zero-order valence-corrected chi connectivity index (χ0v) is 7.64. The van der Waals surface area contributed by atoms with Gasteiger partial charge in [0.05, 0.1) is 12.1 Å². The van der Waals surface area contributed by atoms with Crippen LogP contribution in [0.1, 0.15) is 5.56 Å². The minimum atomic E-state index is -0.319. The Morgan fingerprint density at radius 1 is 1.31 bits per heavy atom. The van der Waals surface area contributed by atoms with Crippen molar-refractivity contribution < 1.29 is 14.1 Å². The summed E-state index contributed by atoms with van der Waals surface area (Å²) in [6, 6.07) is 2.51. The van der Waals surface area contributed by atoms with E-state index in [1.807, 2.05) is 0 Å². The van der Waals surface area contributed by atoms with Gasteiger partial charge in [-0.25, -0.2) is 0 Å². The first-order chi connectivity index (χ1) is 6.19. The standard InChI is InChI=1S/C8H10FNO2S/c9-13-8-4-7(12)6(11)3-5(8)1-2-10/h3-4,11-12H,1-2,10H2. The molecule has 0 aliphatic carbocycles. The molecule has 72 valence electrons. The highest BCUT2D eigenvalue weighted by atomic mass is 32.2. The number of aromatic hydroxyl groups is 2. The van der Waals surface area contributed by atoms with Gasteiger partial charge in [-0.1, -0.05) is 0 Å². The molecule has 0 aromatic heterocycles. The van der Waals surface area contributed by atoms with E-state index in [0.29, 0.717) is 23.4 Å². The Hall–Kier alpha value is -0.940. The van der Waals surface area contributed by atoms with Crippen LogP contribution in [0.15, 0.2) is 17.0 Å². The van der Waals surface area contributed by atoms with Gasteiger partial charge in [-0.15, -0.1) is 0 Å². The van der Waals surface area contributed by atoms with Crippen LogP contribution in [0.4, 0.5) is 3.89 Å². The van der Waals surface area contributed by atoms with E-state index in [1.165, 1.54) is 12.1 Å². The third-order valence-corrected chi connectivity index (χ3v) is 2.20. The Morgan fingerprint density at radius 3 is 2.46 bits per heavy atom. The Kier molecular flexibility index (Phi) is 3.39. The van der Waals surface area contributed by atoms with E-state index in [4.69, 9.17) is 15.9 Å². The molecule has 3 nitrogen and oxygen atoms in total. The summed E-state index contributed by atoms with van der Waals surface area (Å²) in [6.07, 6.45) is 0.472. The van der Waals surface area contributed by atoms with Crippen molar-refractivity contribution in [3.05, 3.63) is 17.7 Å². The zero-order chi connectivity index (χ0) is 9.84. The highest BCUT2D eigenvalue weighted by molar-refractivity contribution is 7.94. The van der Waals surface area contributed by atoms with Crippen LogP contribution in [0.3, 0.4) is 0 Å². The van der Waals surface area contributed by atoms with Gasteiger partial charge in [0.15, 0.2) is 11.5 Å². The maximum absolute atomic E-state index is 12.3. The third kappa shape index (κ3) is 2.26. The number of phenolic OH excluding ortho intramolecular Hbond substituents is 2. The second-order valence-corrected chi connectivity index (χ2v) is 3.16. The van der Waals surface area contributed by atoms with Gasteiger partial charge in [0.2, 0.25) is 0 Å². The van der Waals surface area contributed by atoms with E-state index in [1.54, 1.807) is 0 Å². The van der Waals surface area contributed by atoms with Crippen molar-refractivity contribution in [1.29, 1.82) is 0 Å². The summed E-state index contributed by atoms with van der Waals surface area (Å²) < 4.78 is 12.3. The van der Waals surface area contributed by atoms with Crippen LogP contribution in [0.2, 0.25) is 0 Å². The van der Waals surface area contributed by atoms with E-state index in [9.17, 15) is 3.89 Å². The van der Waals surface area contributed by atoms with Gasteiger partial charge in [0.1, 0.15) is 0 Å². The highest BCUT2D eigenvalue weighted by Crippen LogP contribution is 2.34. The Balaban J connectivity index is 3.09. The van der Waals surface area contributed by atoms with Crippen LogP contribution in [-0.2, 0) is 6.42 Å². The zero-order valence-electron chi connectivity index (χ0n) is 6.83. The number of hydrogen-bond donors (Lipinski definition) is 3. The molecule has 0 saturated heterocycles. The van der Waals surface area contributed by atoms with E-state index in [0.717, 1.165) is 0 Å². The van der Waals surface area contributed by atoms with Crippen molar-refractivity contribution in [3.8, 4) is 11.5 Å². The number of phenols is 2. The maximum atomic E-state index is 12.3. The Bertz CT molecular complexity index is 306. The molecule has 5 heteroatoms. The second kappa shape index (κ2) is 4.34. The molecule has 13 heavy (non-hydrogen) atoms. The average Bonchev–Trinajstić information content (AvgIpc) is 2.11. The third-order valence-electron chi connectivity index (χ3n) is 1.65. The highest BCUT2D eigenvalue weighted by Gasteiger charge is 2.08. The van der Waals surface area contributed by atoms with Gasteiger partial charge < -0.3 is 15.9 Å². The number of nitrogens with two attached hydrogens (primary N) is 1. The van der Waals surface area contributed by atoms with Gasteiger partial charge in [0.25, 0.3) is 0 Å². The molecular weight excluding hydrogens is 193 g/mol. The Morgan fingerprint density at radius 2 is 1.92 bits per heavy atom. The lowest BCUT2D eigenvalue weighted by Crippen LogP contribution is -2.03. The minimum absolute atomic E-state index is 0.0316. The molecule has 1 aromatic carbocycles. The molecule has 0 aliphatic rings. The summed E-state index contributed by atoms with van der Waals surface area (Å²) in [5.41, 5.74) is 5.90. The molecule has 0 heterocycles. The molecule has 0 unspecified atom stereocenters. The first-order valence-electron chi connectivity index (χ1n) is 3.72. The predicted octanol–water partition coefficient (Wildman–Crippen LogP) is 1.58. The van der Waals surface area contributed by atoms with Crippen LogP contribution in [0.25, 0.3) is 0 Å². The van der Waals surface area contributed by atoms with E-state index >= 15 is 0 Å². The van der Waals surface area contributed by atoms with Crippen molar-refractivity contribution in [3.63, 3.8) is 0 Å². The van der Waals surface area contributed by atoms with Crippen molar-refractivity contribution in [2.24, 2.45) is 5.73 Å². The topological polar surface area (TPSA) is 66.5 Å². The van der Waals surface area contributed by atoms with Crippen molar-refractivity contribution in [1.82, 2.24) is 0 Å². The van der Waals surface area contributed by atoms with Crippen LogP contribution < -0.4 is 5.73 Å². The maximum Gasteiger partial charge on any atom is 0.158 e. The molecule has 0 bridgehead atoms. The molecule has 0 amide bonds. The second-order valence-electron chi connectivity index (χ2n) is 2.56. The molecule has 0 saturated carbocycles. The number of rotatable bonds is 3. The van der Waals surface area contributed by atoms with Gasteiger partial charge in [-0.3, -0.25) is 0 Å². The van der Waals surface area contributed by atoms with Gasteiger partial charge in [0, 0.05) is 11.0 Å². The molecular formula is C8H10FNO2S. The first kappa shape index (κ1) is 10.1. The number of benzene rings is 1. The molecule has 1 aromatic rings. The summed E-state index contributed by atoms with van der Waals surface area (Å²) in [7, 11) is 0. The molecule has 1 rings (SSSR count). The van der Waals surface area contributed by atoms with Gasteiger partial charge in [-0.05, 0) is 24.6 Å². The first-order valence-corrected chi connectivity index (χ1v) is 4.44. The Labute approximate surface area is 79.7 Å². The summed E-state index contributed by atoms with van der Waals surface area (Å²) in [4.78, 5) is 0.292. The number of halogens is 1. The van der Waals surface area contributed by atoms with Crippen molar-refractivity contribution in [2.45, 2.75) is 11.3 Å². The SMILES string of the molecule is NCCc1cc(O)c(O)cc1SF. The molecule has 4 N–H and O–H groups in total. The largest absolute Gasteiger partial charge is 0.504 e. The lowest BCUT2D eigenvalue weighted by atomic mass is 10.1. The van der Waals surface area contributed by atoms with Crippen molar-refractivity contribution in [2.75, 3.05) is 6.54 Å². The van der Waals surface area contributed by atoms with E-state index in [-0.39, 0.29) is 23.6 Å². The fourth-order valence-corrected chi connectivity index (χ4v) is 1.44. The predicted molar refractivity (Wildman–Crippen MR) is 49.5 cm³/mol. The minimum Gasteiger partial charge on any atom is -0.504 e. The van der Waals surface area contributed by atoms with Gasteiger partial charge in [-0.2, -0.15) is 3.89 Å². The fourth-order valence-electron chi connectivity index (χ4n) is 1.02. The normalized spacial score (nSPS) is 10.3. The van der Waals surface area contributed by atoms with Crippen molar-refractivity contribution >= 4 is 12.1 Å². The smallest absolute Gasteiger partial charge is 0.158 e. The monoisotopic (exact) mass is 203 g/mol. The van der Waals surface area contributed by atoms with E-state index in [2.05, 4.69) is 0 Å². The fraction of sp³-hybridized carbons (Fsp3) is 0.250. The van der Waals surface area contributed by atoms with Crippen LogP contribution in [0, 0.1) is 0 Å². The molecule has 0 atom stereocenters. The lowest BCUT2D eigenvalue weighted by Gasteiger charge is -2.06. The molecule has 0 fully saturated rings. The summed E-state index contributed by atoms with van der Waals surface area (Å²) in [5, 5.41) is 18.2. The quantitative estimate of drug-likeness (QED) is 0.652. The summed E-state index contributed by atoms with van der Waals surface area (Å²) >= 11 is 0.0316. The summed E-state index contributed by atoms with van der Waals surface area (Å²) in [5.74, 6) is -0.567. The van der Waals surface area contributed by atoms with Crippen LogP contribution >= 0.6 is 12.1 Å². The molecule has 0 spiro atoms. The number of hydrogen-bond acceptors (Lipinski definition) is 4. The van der Waals surface area contributed by atoms with Crippen LogP contribution in [-0.4, -0.2) is 16.8 Å². The molecule has 0 aliphatic heterocycles. The van der Waals surface area contributed by atoms with Crippen LogP contribution in [0.5, 0.6) is 11.5 Å². The average molecular weight is 203 g/mol.